The summed E-state index contributed by atoms with van der Waals surface area (Å²) in [4.78, 5) is 37.7. The van der Waals surface area contributed by atoms with Crippen LogP contribution in [-0.4, -0.2) is 23.0 Å². The number of esters is 1. The summed E-state index contributed by atoms with van der Waals surface area (Å²) in [5, 5.41) is 2.62. The number of hydrogen-bond acceptors (Lipinski definition) is 4. The molecule has 1 aromatic heterocycles. The molecule has 0 saturated heterocycles. The van der Waals surface area contributed by atoms with Crippen LogP contribution in [0.5, 0.6) is 0 Å². The van der Waals surface area contributed by atoms with Gasteiger partial charge in [-0.1, -0.05) is 15.9 Å². The number of halogens is 1. The van der Waals surface area contributed by atoms with E-state index in [0.29, 0.717) is 5.69 Å². The standard InChI is InChI=1S/C15H13BrN2O4/c1-9(13(19)18-11-6-4-10(16)5-7-11)22-15(21)12-3-2-8-17-14(12)20/h2-9H,1H3,(H,17,20)(H,18,19)/t9-/m0/s1. The molecule has 0 radical (unpaired) electrons. The summed E-state index contributed by atoms with van der Waals surface area (Å²) in [5.41, 5.74) is -0.132. The second kappa shape index (κ2) is 7.04. The number of rotatable bonds is 4. The van der Waals surface area contributed by atoms with Gasteiger partial charge in [0.1, 0.15) is 5.56 Å². The number of ether oxygens (including phenoxy) is 1. The Hall–Kier alpha value is -2.41. The number of pyridine rings is 1. The molecule has 6 nitrogen and oxygen atoms in total. The first kappa shape index (κ1) is 16.0. The SMILES string of the molecule is C[C@H](OC(=O)c1ccc[nH]c1=O)C(=O)Nc1ccc(Br)cc1. The van der Waals surface area contributed by atoms with E-state index in [1.165, 1.54) is 25.3 Å². The van der Waals surface area contributed by atoms with Crippen molar-refractivity contribution in [2.75, 3.05) is 5.32 Å². The van der Waals surface area contributed by atoms with Gasteiger partial charge in [-0.05, 0) is 43.3 Å². The van der Waals surface area contributed by atoms with Crippen LogP contribution in [0.3, 0.4) is 0 Å². The molecular formula is C15H13BrN2O4. The molecule has 1 atom stereocenters. The van der Waals surface area contributed by atoms with E-state index in [4.69, 9.17) is 4.74 Å². The van der Waals surface area contributed by atoms with Gasteiger partial charge in [-0.25, -0.2) is 4.79 Å². The van der Waals surface area contributed by atoms with Gasteiger partial charge in [0, 0.05) is 16.4 Å². The third kappa shape index (κ3) is 4.05. The first-order valence-corrected chi connectivity index (χ1v) is 7.22. The Bertz CT molecular complexity index is 740. The van der Waals surface area contributed by atoms with E-state index in [0.717, 1.165) is 4.47 Å². The summed E-state index contributed by atoms with van der Waals surface area (Å²) < 4.78 is 5.88. The quantitative estimate of drug-likeness (QED) is 0.814. The molecule has 2 rings (SSSR count). The van der Waals surface area contributed by atoms with Gasteiger partial charge in [0.05, 0.1) is 0 Å². The van der Waals surface area contributed by atoms with Crippen molar-refractivity contribution >= 4 is 33.5 Å². The van der Waals surface area contributed by atoms with Crippen molar-refractivity contribution in [2.45, 2.75) is 13.0 Å². The number of benzene rings is 1. The van der Waals surface area contributed by atoms with E-state index in [9.17, 15) is 14.4 Å². The minimum atomic E-state index is -1.03. The molecule has 0 bridgehead atoms. The predicted octanol–water partition coefficient (Wildman–Crippen LogP) is 2.32. The van der Waals surface area contributed by atoms with Gasteiger partial charge in [-0.2, -0.15) is 0 Å². The van der Waals surface area contributed by atoms with E-state index >= 15 is 0 Å². The Morgan fingerprint density at radius 1 is 1.23 bits per heavy atom. The largest absolute Gasteiger partial charge is 0.449 e. The molecule has 22 heavy (non-hydrogen) atoms. The minimum Gasteiger partial charge on any atom is -0.449 e. The topological polar surface area (TPSA) is 88.3 Å². The highest BCUT2D eigenvalue weighted by atomic mass is 79.9. The first-order valence-electron chi connectivity index (χ1n) is 6.42. The van der Waals surface area contributed by atoms with Crippen molar-refractivity contribution in [3.63, 3.8) is 0 Å². The Labute approximate surface area is 134 Å². The van der Waals surface area contributed by atoms with Crippen molar-refractivity contribution in [3.05, 3.63) is 63.0 Å². The van der Waals surface area contributed by atoms with Gasteiger partial charge in [-0.15, -0.1) is 0 Å². The molecule has 0 unspecified atom stereocenters. The second-order valence-corrected chi connectivity index (χ2v) is 5.37. The van der Waals surface area contributed by atoms with Crippen molar-refractivity contribution in [1.82, 2.24) is 4.98 Å². The monoisotopic (exact) mass is 364 g/mol. The van der Waals surface area contributed by atoms with Crippen LogP contribution in [0.25, 0.3) is 0 Å². The van der Waals surface area contributed by atoms with Crippen LogP contribution in [-0.2, 0) is 9.53 Å². The summed E-state index contributed by atoms with van der Waals surface area (Å²) in [7, 11) is 0. The fourth-order valence-corrected chi connectivity index (χ4v) is 1.90. The maximum Gasteiger partial charge on any atom is 0.344 e. The van der Waals surface area contributed by atoms with Gasteiger partial charge in [-0.3, -0.25) is 9.59 Å². The molecule has 1 amide bonds. The minimum absolute atomic E-state index is 0.147. The van der Waals surface area contributed by atoms with Crippen LogP contribution in [0.1, 0.15) is 17.3 Å². The average Bonchev–Trinajstić information content (AvgIpc) is 2.49. The highest BCUT2D eigenvalue weighted by Gasteiger charge is 2.20. The van der Waals surface area contributed by atoms with Gasteiger partial charge >= 0.3 is 5.97 Å². The third-order valence-corrected chi connectivity index (χ3v) is 3.33. The summed E-state index contributed by atoms with van der Waals surface area (Å²) in [6, 6.07) is 9.80. The lowest BCUT2D eigenvalue weighted by Gasteiger charge is -2.13. The number of carbonyl (C=O) groups is 2. The molecule has 0 spiro atoms. The molecule has 7 heteroatoms. The second-order valence-electron chi connectivity index (χ2n) is 4.46. The molecule has 0 aliphatic carbocycles. The number of anilines is 1. The predicted molar refractivity (Wildman–Crippen MR) is 84.7 cm³/mol. The number of aromatic amines is 1. The molecule has 0 fully saturated rings. The van der Waals surface area contributed by atoms with Crippen LogP contribution in [0.4, 0.5) is 5.69 Å². The Kier molecular flexibility index (Phi) is 5.11. The number of hydrogen-bond donors (Lipinski definition) is 2. The van der Waals surface area contributed by atoms with E-state index in [1.807, 2.05) is 0 Å². The molecule has 0 aliphatic rings. The molecule has 1 heterocycles. The van der Waals surface area contributed by atoms with E-state index < -0.39 is 23.5 Å². The Morgan fingerprint density at radius 2 is 1.91 bits per heavy atom. The maximum atomic E-state index is 12.0. The Morgan fingerprint density at radius 3 is 2.55 bits per heavy atom. The number of carbonyl (C=O) groups excluding carboxylic acids is 2. The fraction of sp³-hybridized carbons (Fsp3) is 0.133. The van der Waals surface area contributed by atoms with Gasteiger partial charge in [0.25, 0.3) is 11.5 Å². The normalized spacial score (nSPS) is 11.5. The molecule has 114 valence electrons. The Balaban J connectivity index is 1.99. The van der Waals surface area contributed by atoms with Crippen molar-refractivity contribution in [3.8, 4) is 0 Å². The average molecular weight is 365 g/mol. The zero-order valence-electron chi connectivity index (χ0n) is 11.6. The van der Waals surface area contributed by atoms with Crippen LogP contribution in [0.15, 0.2) is 51.9 Å². The number of H-pyrrole nitrogens is 1. The van der Waals surface area contributed by atoms with Gasteiger partial charge < -0.3 is 15.0 Å². The van der Waals surface area contributed by atoms with Crippen molar-refractivity contribution < 1.29 is 14.3 Å². The molecule has 0 aliphatic heterocycles. The van der Waals surface area contributed by atoms with E-state index in [1.54, 1.807) is 24.3 Å². The van der Waals surface area contributed by atoms with Crippen molar-refractivity contribution in [1.29, 1.82) is 0 Å². The molecule has 2 aromatic rings. The summed E-state index contributed by atoms with van der Waals surface area (Å²) in [6.07, 6.45) is 0.374. The van der Waals surface area contributed by atoms with E-state index in [-0.39, 0.29) is 5.56 Å². The van der Waals surface area contributed by atoms with Gasteiger partial charge in [0.15, 0.2) is 6.10 Å². The first-order chi connectivity index (χ1) is 10.5. The van der Waals surface area contributed by atoms with Crippen molar-refractivity contribution in [2.24, 2.45) is 0 Å². The summed E-state index contributed by atoms with van der Waals surface area (Å²) in [5.74, 6) is -1.33. The zero-order chi connectivity index (χ0) is 16.1. The number of amides is 1. The molecule has 1 aromatic carbocycles. The fourth-order valence-electron chi connectivity index (χ4n) is 1.64. The molecule has 0 saturated carbocycles. The smallest absolute Gasteiger partial charge is 0.344 e. The lowest BCUT2D eigenvalue weighted by atomic mass is 10.2. The maximum absolute atomic E-state index is 12.0. The molecule has 2 N–H and O–H groups in total. The number of aromatic nitrogens is 1. The van der Waals surface area contributed by atoms with E-state index in [2.05, 4.69) is 26.2 Å². The summed E-state index contributed by atoms with van der Waals surface area (Å²) >= 11 is 3.29. The van der Waals surface area contributed by atoms with Crippen LogP contribution in [0, 0.1) is 0 Å². The zero-order valence-corrected chi connectivity index (χ0v) is 13.2. The molecular weight excluding hydrogens is 352 g/mol. The number of nitrogens with one attached hydrogen (secondary N) is 2. The van der Waals surface area contributed by atoms with Crippen LogP contribution in [0.2, 0.25) is 0 Å². The third-order valence-electron chi connectivity index (χ3n) is 2.80. The highest BCUT2D eigenvalue weighted by Crippen LogP contribution is 2.14. The van der Waals surface area contributed by atoms with Crippen LogP contribution >= 0.6 is 15.9 Å². The lowest BCUT2D eigenvalue weighted by Crippen LogP contribution is -2.31. The lowest BCUT2D eigenvalue weighted by molar-refractivity contribution is -0.123. The summed E-state index contributed by atoms with van der Waals surface area (Å²) in [6.45, 7) is 1.43. The highest BCUT2D eigenvalue weighted by molar-refractivity contribution is 9.10. The van der Waals surface area contributed by atoms with Crippen LogP contribution < -0.4 is 10.9 Å². The van der Waals surface area contributed by atoms with Gasteiger partial charge in [0.2, 0.25) is 0 Å².